The summed E-state index contributed by atoms with van der Waals surface area (Å²) in [4.78, 5) is 39.0. The van der Waals surface area contributed by atoms with E-state index < -0.39 is 45.9 Å². The summed E-state index contributed by atoms with van der Waals surface area (Å²) in [6.45, 7) is 16.2. The van der Waals surface area contributed by atoms with Crippen molar-refractivity contribution >= 4 is 17.5 Å². The lowest BCUT2D eigenvalue weighted by atomic mass is 9.42. The summed E-state index contributed by atoms with van der Waals surface area (Å²) in [5.41, 5.74) is -1.13. The molecule has 7 heteroatoms. The zero-order chi connectivity index (χ0) is 31.6. The van der Waals surface area contributed by atoms with Crippen LogP contribution in [0.25, 0.3) is 0 Å². The monoisotopic (exact) mass is 586 g/mol. The van der Waals surface area contributed by atoms with Gasteiger partial charge in [0.15, 0.2) is 5.78 Å². The maximum atomic E-state index is 14.2. The quantitative estimate of drug-likeness (QED) is 0.257. The average Bonchev–Trinajstić information content (AvgIpc) is 3.08. The minimum Gasteiger partial charge on any atom is -0.478 e. The molecule has 0 aromatic heterocycles. The van der Waals surface area contributed by atoms with Crippen LogP contribution >= 0.6 is 0 Å². The van der Waals surface area contributed by atoms with Crippen LogP contribution in [0.4, 0.5) is 0 Å². The summed E-state index contributed by atoms with van der Waals surface area (Å²) in [5, 5.41) is 44.2. The average molecular weight is 587 g/mol. The highest BCUT2D eigenvalue weighted by Crippen LogP contribution is 2.71. The molecular formula is C35H54O7. The summed E-state index contributed by atoms with van der Waals surface area (Å²) in [6, 6.07) is 0. The summed E-state index contributed by atoms with van der Waals surface area (Å²) >= 11 is 0. The number of fused-ring (bicyclic) bond motifs is 4. The third-order valence-corrected chi connectivity index (χ3v) is 12.6. The second-order valence-corrected chi connectivity index (χ2v) is 15.8. The van der Waals surface area contributed by atoms with Gasteiger partial charge in [-0.25, -0.2) is 4.79 Å². The van der Waals surface area contributed by atoms with Crippen molar-refractivity contribution in [2.45, 2.75) is 131 Å². The van der Waals surface area contributed by atoms with Crippen molar-refractivity contribution in [3.63, 3.8) is 0 Å². The molecule has 7 nitrogen and oxygen atoms in total. The summed E-state index contributed by atoms with van der Waals surface area (Å²) in [5.74, 6) is -0.727. The van der Waals surface area contributed by atoms with Crippen LogP contribution in [0.2, 0.25) is 0 Å². The number of carboxylic acids is 1. The molecule has 0 aromatic carbocycles. The Balaban J connectivity index is 1.66. The van der Waals surface area contributed by atoms with E-state index in [9.17, 15) is 34.8 Å². The third kappa shape index (κ3) is 5.05. The van der Waals surface area contributed by atoms with Gasteiger partial charge < -0.3 is 20.4 Å². The van der Waals surface area contributed by atoms with Gasteiger partial charge in [0, 0.05) is 40.2 Å². The van der Waals surface area contributed by atoms with E-state index in [4.69, 9.17) is 0 Å². The second-order valence-electron chi connectivity index (χ2n) is 15.8. The van der Waals surface area contributed by atoms with Crippen molar-refractivity contribution in [1.29, 1.82) is 0 Å². The van der Waals surface area contributed by atoms with Gasteiger partial charge in [0.05, 0.1) is 18.3 Å². The van der Waals surface area contributed by atoms with E-state index in [1.165, 1.54) is 6.08 Å². The largest absolute Gasteiger partial charge is 0.478 e. The fraction of sp³-hybridized carbons (Fsp3) is 0.800. The predicted octanol–water partition coefficient (Wildman–Crippen LogP) is 5.65. The van der Waals surface area contributed by atoms with Gasteiger partial charge in [-0.15, -0.1) is 0 Å². The first-order valence-electron chi connectivity index (χ1n) is 16.1. The van der Waals surface area contributed by atoms with Crippen LogP contribution in [-0.2, 0) is 14.4 Å². The highest BCUT2D eigenvalue weighted by Gasteiger charge is 2.70. The fourth-order valence-electron chi connectivity index (χ4n) is 10.00. The van der Waals surface area contributed by atoms with Gasteiger partial charge in [-0.2, -0.15) is 0 Å². The van der Waals surface area contributed by atoms with Crippen LogP contribution in [0, 0.1) is 45.3 Å². The van der Waals surface area contributed by atoms with Crippen molar-refractivity contribution in [2.75, 3.05) is 0 Å². The number of aliphatic hydroxyl groups is 3. The van der Waals surface area contributed by atoms with E-state index >= 15 is 0 Å². The number of carbonyl (C=O) groups excluding carboxylic acids is 2. The molecular weight excluding hydrogens is 532 g/mol. The maximum Gasteiger partial charge on any atom is 0.331 e. The maximum absolute atomic E-state index is 14.2. The van der Waals surface area contributed by atoms with Gasteiger partial charge in [-0.05, 0) is 79.3 Å². The molecule has 2 fully saturated rings. The van der Waals surface area contributed by atoms with Crippen molar-refractivity contribution in [1.82, 2.24) is 0 Å². The second kappa shape index (κ2) is 11.3. The lowest BCUT2D eigenvalue weighted by molar-refractivity contribution is -0.146. The summed E-state index contributed by atoms with van der Waals surface area (Å²) in [7, 11) is 0. The number of carboxylic acid groups (broad SMARTS) is 1. The zero-order valence-electron chi connectivity index (χ0n) is 27.0. The molecule has 2 saturated carbocycles. The standard InChI is InChI=1S/C35H54O7/c1-19(2)10-9-11-21(31(41)42)15-22(36)14-20(3)23-16-28(40)35(8)30-24(37)17-26-32(4,5)27(39)12-13-33(26,6)29(30)25(38)18-34(23,35)7/h15,19-20,22-24,26,28,36-37,40H,9-14,16-18H2,1-8H3,(H,41,42)/b21-15+/t20-,22+,23-,24-,26-,28+,33+,34-,35+/m1/s1. The third-order valence-electron chi connectivity index (χ3n) is 12.6. The molecule has 0 spiro atoms. The predicted molar refractivity (Wildman–Crippen MR) is 161 cm³/mol. The Bertz CT molecular complexity index is 1180. The van der Waals surface area contributed by atoms with Crippen LogP contribution in [0.15, 0.2) is 22.8 Å². The van der Waals surface area contributed by atoms with E-state index in [2.05, 4.69) is 27.7 Å². The smallest absolute Gasteiger partial charge is 0.331 e. The first-order chi connectivity index (χ1) is 19.3. The van der Waals surface area contributed by atoms with Gasteiger partial charge in [-0.1, -0.05) is 61.8 Å². The Morgan fingerprint density at radius 2 is 1.69 bits per heavy atom. The lowest BCUT2D eigenvalue weighted by Gasteiger charge is -2.61. The Morgan fingerprint density at radius 1 is 1.05 bits per heavy atom. The minimum absolute atomic E-state index is 0.00596. The van der Waals surface area contributed by atoms with Gasteiger partial charge >= 0.3 is 5.97 Å². The molecule has 4 rings (SSSR count). The molecule has 0 aliphatic heterocycles. The van der Waals surface area contributed by atoms with Gasteiger partial charge in [0.1, 0.15) is 5.78 Å². The minimum atomic E-state index is -1.01. The Morgan fingerprint density at radius 3 is 2.29 bits per heavy atom. The normalized spacial score (nSPS) is 39.6. The summed E-state index contributed by atoms with van der Waals surface area (Å²) in [6.07, 6.45) is 3.24. The topological polar surface area (TPSA) is 132 Å². The molecule has 4 aliphatic rings. The van der Waals surface area contributed by atoms with Crippen molar-refractivity contribution < 1.29 is 34.8 Å². The Labute approximate surface area is 251 Å². The molecule has 4 N–H and O–H groups in total. The number of Topliss-reactive ketones (excluding diaryl/α,β-unsaturated/α-hetero) is 2. The van der Waals surface area contributed by atoms with Crippen molar-refractivity contribution in [2.24, 2.45) is 45.3 Å². The Kier molecular flexibility index (Phi) is 8.87. The number of hydrogen-bond donors (Lipinski definition) is 4. The number of aliphatic hydroxyl groups excluding tert-OH is 3. The molecule has 236 valence electrons. The molecule has 0 amide bonds. The number of aliphatic carboxylic acids is 1. The molecule has 42 heavy (non-hydrogen) atoms. The van der Waals surface area contributed by atoms with Crippen LogP contribution in [0.5, 0.6) is 0 Å². The van der Waals surface area contributed by atoms with Crippen LogP contribution in [0.1, 0.15) is 113 Å². The molecule has 0 bridgehead atoms. The van der Waals surface area contributed by atoms with E-state index in [0.717, 1.165) is 12.8 Å². The van der Waals surface area contributed by atoms with E-state index in [-0.39, 0.29) is 41.3 Å². The molecule has 0 radical (unpaired) electrons. The van der Waals surface area contributed by atoms with Crippen LogP contribution in [-0.4, -0.2) is 56.3 Å². The van der Waals surface area contributed by atoms with Gasteiger partial charge in [0.2, 0.25) is 0 Å². The highest BCUT2D eigenvalue weighted by atomic mass is 16.4. The van der Waals surface area contributed by atoms with Crippen LogP contribution < -0.4 is 0 Å². The van der Waals surface area contributed by atoms with E-state index in [0.29, 0.717) is 55.6 Å². The molecule has 4 aliphatic carbocycles. The van der Waals surface area contributed by atoms with Crippen molar-refractivity contribution in [3.05, 3.63) is 22.8 Å². The fourth-order valence-corrected chi connectivity index (χ4v) is 10.00. The van der Waals surface area contributed by atoms with Gasteiger partial charge in [0.25, 0.3) is 0 Å². The molecule has 0 heterocycles. The molecule has 0 unspecified atom stereocenters. The molecule has 0 aromatic rings. The number of ketones is 2. The number of allylic oxidation sites excluding steroid dienone is 1. The van der Waals surface area contributed by atoms with E-state index in [1.54, 1.807) is 0 Å². The summed E-state index contributed by atoms with van der Waals surface area (Å²) < 4.78 is 0. The van der Waals surface area contributed by atoms with Gasteiger partial charge in [-0.3, -0.25) is 9.59 Å². The Hall–Kier alpha value is -1.83. The lowest BCUT2D eigenvalue weighted by Crippen LogP contribution is -2.60. The SMILES string of the molecule is CC(C)CCC/C(=C\[C@@H](O)C[C@@H](C)[C@H]1C[C@H](O)[C@@]2(C)C3=C(C(=O)C[C@]12C)[C@@]1(C)CCC(=O)C(C)(C)[C@H]1C[C@H]3O)C(=O)O. The number of hydrogen-bond acceptors (Lipinski definition) is 6. The molecule has 9 atom stereocenters. The van der Waals surface area contributed by atoms with Crippen molar-refractivity contribution in [3.8, 4) is 0 Å². The number of carbonyl (C=O) groups is 3. The van der Waals surface area contributed by atoms with E-state index in [1.807, 2.05) is 27.7 Å². The highest BCUT2D eigenvalue weighted by molar-refractivity contribution is 6.01. The first-order valence-corrected chi connectivity index (χ1v) is 16.1. The zero-order valence-corrected chi connectivity index (χ0v) is 27.0. The first kappa shape index (κ1) is 33.1. The molecule has 0 saturated heterocycles. The van der Waals surface area contributed by atoms with Crippen LogP contribution in [0.3, 0.4) is 0 Å². The number of rotatable bonds is 9.